The maximum Gasteiger partial charge on any atom is 0.250 e. The summed E-state index contributed by atoms with van der Waals surface area (Å²) in [4.78, 5) is 28.5. The Hall–Kier alpha value is -2.27. The Balaban J connectivity index is 1.94. The summed E-state index contributed by atoms with van der Waals surface area (Å²) in [6.45, 7) is 7.49. The second-order valence-corrected chi connectivity index (χ2v) is 8.11. The van der Waals surface area contributed by atoms with Gasteiger partial charge >= 0.3 is 0 Å². The van der Waals surface area contributed by atoms with Gasteiger partial charge in [0.2, 0.25) is 11.8 Å². The Morgan fingerprint density at radius 2 is 1.76 bits per heavy atom. The molecule has 0 saturated heterocycles. The highest BCUT2D eigenvalue weighted by Gasteiger charge is 2.44. The van der Waals surface area contributed by atoms with Crippen LogP contribution < -0.4 is 10.2 Å². The van der Waals surface area contributed by atoms with Crippen molar-refractivity contribution in [2.75, 3.05) is 10.2 Å². The van der Waals surface area contributed by atoms with Gasteiger partial charge in [0, 0.05) is 4.90 Å². The van der Waals surface area contributed by atoms with Crippen LogP contribution in [0.25, 0.3) is 0 Å². The summed E-state index contributed by atoms with van der Waals surface area (Å²) >= 11 is 1.53. The topological polar surface area (TPSA) is 49.4 Å². The number of aryl methyl sites for hydroxylation is 1. The third kappa shape index (κ3) is 3.16. The maximum absolute atomic E-state index is 13.3. The minimum Gasteiger partial charge on any atom is -0.322 e. The quantitative estimate of drug-likeness (QED) is 0.839. The molecule has 1 aliphatic heterocycles. The first kappa shape index (κ1) is 17.5. The first-order chi connectivity index (χ1) is 11.8. The number of hydrogen-bond acceptors (Lipinski definition) is 3. The van der Waals surface area contributed by atoms with Crippen LogP contribution in [0.1, 0.15) is 26.3 Å². The lowest BCUT2D eigenvalue weighted by molar-refractivity contribution is -0.126. The van der Waals surface area contributed by atoms with Crippen LogP contribution in [-0.4, -0.2) is 22.6 Å². The molecule has 4 nitrogen and oxygen atoms in total. The summed E-state index contributed by atoms with van der Waals surface area (Å²) < 4.78 is 0. The number of para-hydroxylation sites is 2. The fourth-order valence-corrected chi connectivity index (χ4v) is 3.96. The Labute approximate surface area is 152 Å². The number of hydrogen-bond donors (Lipinski definition) is 1. The van der Waals surface area contributed by atoms with Gasteiger partial charge in [-0.05, 0) is 51.5 Å². The molecule has 1 unspecified atom stereocenters. The van der Waals surface area contributed by atoms with E-state index < -0.39 is 5.54 Å². The highest BCUT2D eigenvalue weighted by Crippen LogP contribution is 2.39. The van der Waals surface area contributed by atoms with Gasteiger partial charge in [-0.2, -0.15) is 0 Å². The summed E-state index contributed by atoms with van der Waals surface area (Å²) in [5.41, 5.74) is 1.62. The lowest BCUT2D eigenvalue weighted by atomic mass is 9.96. The Kier molecular flexibility index (Phi) is 4.60. The Bertz CT molecular complexity index is 832. The molecule has 0 bridgehead atoms. The van der Waals surface area contributed by atoms with E-state index in [1.165, 1.54) is 11.8 Å². The zero-order chi connectivity index (χ0) is 18.2. The van der Waals surface area contributed by atoms with E-state index in [9.17, 15) is 9.59 Å². The van der Waals surface area contributed by atoms with Gasteiger partial charge in [-0.1, -0.05) is 30.3 Å². The number of nitrogens with one attached hydrogen (secondary N) is 1. The molecular formula is C20H22N2O2S. The Morgan fingerprint density at radius 1 is 1.12 bits per heavy atom. The number of benzene rings is 2. The molecule has 1 N–H and O–H groups in total. The monoisotopic (exact) mass is 354 g/mol. The van der Waals surface area contributed by atoms with Crippen molar-refractivity contribution in [3.63, 3.8) is 0 Å². The fourth-order valence-electron chi connectivity index (χ4n) is 2.96. The molecular weight excluding hydrogens is 332 g/mol. The molecule has 1 heterocycles. The molecule has 1 aliphatic rings. The van der Waals surface area contributed by atoms with Crippen LogP contribution in [0.4, 0.5) is 11.4 Å². The lowest BCUT2D eigenvalue weighted by Gasteiger charge is -2.43. The number of amides is 2. The molecule has 0 spiro atoms. The van der Waals surface area contributed by atoms with Crippen LogP contribution >= 0.6 is 11.8 Å². The second-order valence-electron chi connectivity index (χ2n) is 6.73. The average Bonchev–Trinajstić information content (AvgIpc) is 2.57. The molecule has 25 heavy (non-hydrogen) atoms. The van der Waals surface area contributed by atoms with Gasteiger partial charge in [-0.3, -0.25) is 14.5 Å². The molecule has 0 saturated carbocycles. The summed E-state index contributed by atoms with van der Waals surface area (Å²) in [6.07, 6.45) is 0. The largest absolute Gasteiger partial charge is 0.322 e. The lowest BCUT2D eigenvalue weighted by Crippen LogP contribution is -2.60. The third-order valence-corrected chi connectivity index (χ3v) is 5.74. The number of carbonyl (C=O) groups is 2. The summed E-state index contributed by atoms with van der Waals surface area (Å²) in [7, 11) is 0. The zero-order valence-corrected chi connectivity index (χ0v) is 15.7. The van der Waals surface area contributed by atoms with E-state index in [4.69, 9.17) is 0 Å². The molecule has 2 aromatic rings. The molecule has 1 atom stereocenters. The van der Waals surface area contributed by atoms with Crippen molar-refractivity contribution in [2.45, 2.75) is 43.4 Å². The van der Waals surface area contributed by atoms with Gasteiger partial charge in [-0.15, -0.1) is 11.8 Å². The van der Waals surface area contributed by atoms with Gasteiger partial charge in [0.05, 0.1) is 16.6 Å². The number of carbonyl (C=O) groups excluding carboxylic acids is 2. The van der Waals surface area contributed by atoms with Crippen molar-refractivity contribution >= 4 is 35.0 Å². The number of nitrogens with zero attached hydrogens (tertiary/aromatic N) is 1. The van der Waals surface area contributed by atoms with E-state index in [2.05, 4.69) is 5.32 Å². The molecule has 3 rings (SSSR count). The summed E-state index contributed by atoms with van der Waals surface area (Å²) in [6, 6.07) is 15.4. The fraction of sp³-hybridized carbons (Fsp3) is 0.300. The van der Waals surface area contributed by atoms with Crippen LogP contribution in [0.15, 0.2) is 53.4 Å². The molecule has 0 fully saturated rings. The van der Waals surface area contributed by atoms with Crippen molar-refractivity contribution in [3.8, 4) is 0 Å². The maximum atomic E-state index is 13.3. The van der Waals surface area contributed by atoms with Gasteiger partial charge in [0.25, 0.3) is 0 Å². The number of rotatable bonds is 3. The van der Waals surface area contributed by atoms with Crippen molar-refractivity contribution in [1.29, 1.82) is 0 Å². The van der Waals surface area contributed by atoms with E-state index in [-0.39, 0.29) is 17.1 Å². The standard InChI is InChI=1S/C20H22N2O2S/c1-13-9-5-8-12-17(13)25-14(2)18(23)22-16-11-7-6-10-15(16)21-19(24)20(22,3)4/h5-12,14H,1-4H3,(H,21,24). The van der Waals surface area contributed by atoms with Gasteiger partial charge in [0.1, 0.15) is 5.54 Å². The molecule has 0 aromatic heterocycles. The second kappa shape index (κ2) is 6.56. The molecule has 2 amide bonds. The predicted octanol–water partition coefficient (Wildman–Crippen LogP) is 4.24. The van der Waals surface area contributed by atoms with E-state index in [0.717, 1.165) is 16.1 Å². The normalized spacial score (nSPS) is 16.8. The summed E-state index contributed by atoms with van der Waals surface area (Å²) in [5, 5.41) is 2.59. The molecule has 130 valence electrons. The van der Waals surface area contributed by atoms with E-state index >= 15 is 0 Å². The zero-order valence-electron chi connectivity index (χ0n) is 14.9. The average molecular weight is 354 g/mol. The molecule has 5 heteroatoms. The number of fused-ring (bicyclic) bond motifs is 1. The molecule has 0 radical (unpaired) electrons. The first-order valence-corrected chi connectivity index (χ1v) is 9.17. The van der Waals surface area contributed by atoms with E-state index in [0.29, 0.717) is 5.69 Å². The summed E-state index contributed by atoms with van der Waals surface area (Å²) in [5.74, 6) is -0.242. The third-order valence-electron chi connectivity index (χ3n) is 4.47. The van der Waals surface area contributed by atoms with E-state index in [1.807, 2.05) is 62.4 Å². The predicted molar refractivity (Wildman–Crippen MR) is 103 cm³/mol. The van der Waals surface area contributed by atoms with Crippen LogP contribution in [0.2, 0.25) is 0 Å². The van der Waals surface area contributed by atoms with Crippen molar-refractivity contribution < 1.29 is 9.59 Å². The van der Waals surface area contributed by atoms with Crippen molar-refractivity contribution in [3.05, 3.63) is 54.1 Å². The number of anilines is 2. The van der Waals surface area contributed by atoms with Crippen LogP contribution in [0.5, 0.6) is 0 Å². The first-order valence-electron chi connectivity index (χ1n) is 8.29. The van der Waals surface area contributed by atoms with Crippen molar-refractivity contribution in [2.24, 2.45) is 0 Å². The minimum atomic E-state index is -0.939. The van der Waals surface area contributed by atoms with E-state index in [1.54, 1.807) is 18.7 Å². The van der Waals surface area contributed by atoms with Crippen LogP contribution in [0.3, 0.4) is 0 Å². The van der Waals surface area contributed by atoms with Gasteiger partial charge in [-0.25, -0.2) is 0 Å². The smallest absolute Gasteiger partial charge is 0.250 e. The number of thioether (sulfide) groups is 1. The van der Waals surface area contributed by atoms with Gasteiger partial charge < -0.3 is 5.32 Å². The van der Waals surface area contributed by atoms with Crippen LogP contribution in [0, 0.1) is 6.92 Å². The SMILES string of the molecule is Cc1ccccc1SC(C)C(=O)N1c2ccccc2NC(=O)C1(C)C. The van der Waals surface area contributed by atoms with Gasteiger partial charge in [0.15, 0.2) is 0 Å². The molecule has 0 aliphatic carbocycles. The van der Waals surface area contributed by atoms with Crippen LogP contribution in [-0.2, 0) is 9.59 Å². The highest BCUT2D eigenvalue weighted by atomic mass is 32.2. The minimum absolute atomic E-state index is 0.0689. The van der Waals surface area contributed by atoms with Crippen molar-refractivity contribution in [1.82, 2.24) is 0 Å². The Morgan fingerprint density at radius 3 is 2.48 bits per heavy atom. The molecule has 2 aromatic carbocycles. The highest BCUT2D eigenvalue weighted by molar-refractivity contribution is 8.00.